The molecule has 3 atom stereocenters. The van der Waals surface area contributed by atoms with Crippen LogP contribution in [0.4, 0.5) is 0 Å². The van der Waals surface area contributed by atoms with E-state index in [1.807, 2.05) is 14.0 Å². The third-order valence-corrected chi connectivity index (χ3v) is 4.32. The number of morpholine rings is 1. The second-order valence-electron chi connectivity index (χ2n) is 5.89. The van der Waals surface area contributed by atoms with E-state index in [1.54, 1.807) is 0 Å². The average Bonchev–Trinajstić information content (AvgIpc) is 2.72. The molecule has 18 heavy (non-hydrogen) atoms. The van der Waals surface area contributed by atoms with E-state index in [-0.39, 0.29) is 30.1 Å². The number of rotatable bonds is 3. The maximum Gasteiger partial charge on any atom is 0.250 e. The third-order valence-electron chi connectivity index (χ3n) is 4.32. The summed E-state index contributed by atoms with van der Waals surface area (Å²) < 4.78 is 5.51. The van der Waals surface area contributed by atoms with Crippen LogP contribution in [-0.2, 0) is 9.53 Å². The van der Waals surface area contributed by atoms with Gasteiger partial charge in [0.05, 0.1) is 13.2 Å². The number of aliphatic hydroxyl groups is 1. The molecule has 0 bridgehead atoms. The first-order valence-electron chi connectivity index (χ1n) is 6.76. The standard InChI is InChI=1S/C13H24N2O3/c1-13(9-16)5-3-4-11(13)14-12(17)10-8-15(2)6-7-18-10/h10-11,16H,3-9H2,1-2H3,(H,14,17). The topological polar surface area (TPSA) is 61.8 Å². The summed E-state index contributed by atoms with van der Waals surface area (Å²) >= 11 is 0. The van der Waals surface area contributed by atoms with Gasteiger partial charge in [-0.3, -0.25) is 4.79 Å². The van der Waals surface area contributed by atoms with Gasteiger partial charge in [-0.05, 0) is 19.9 Å². The first kappa shape index (κ1) is 13.8. The van der Waals surface area contributed by atoms with Crippen molar-refractivity contribution in [3.05, 3.63) is 0 Å². The molecule has 5 nitrogen and oxygen atoms in total. The summed E-state index contributed by atoms with van der Waals surface area (Å²) in [5.41, 5.74) is -0.170. The van der Waals surface area contributed by atoms with Crippen LogP contribution in [0.3, 0.4) is 0 Å². The molecule has 0 aromatic rings. The van der Waals surface area contributed by atoms with Crippen LogP contribution < -0.4 is 5.32 Å². The Bertz CT molecular complexity index is 311. The van der Waals surface area contributed by atoms with Crippen LogP contribution in [-0.4, -0.2) is 61.4 Å². The lowest BCUT2D eigenvalue weighted by Gasteiger charge is -2.33. The minimum absolute atomic E-state index is 0.0341. The molecule has 104 valence electrons. The quantitative estimate of drug-likeness (QED) is 0.745. The van der Waals surface area contributed by atoms with Crippen LogP contribution in [0.25, 0.3) is 0 Å². The van der Waals surface area contributed by atoms with Gasteiger partial charge in [-0.2, -0.15) is 0 Å². The van der Waals surface area contributed by atoms with Crippen molar-refractivity contribution < 1.29 is 14.6 Å². The predicted molar refractivity (Wildman–Crippen MR) is 68.2 cm³/mol. The van der Waals surface area contributed by atoms with Gasteiger partial charge in [0.25, 0.3) is 5.91 Å². The van der Waals surface area contributed by atoms with Crippen LogP contribution in [0.2, 0.25) is 0 Å². The molecule has 2 fully saturated rings. The van der Waals surface area contributed by atoms with E-state index in [0.717, 1.165) is 25.8 Å². The maximum absolute atomic E-state index is 12.2. The average molecular weight is 256 g/mol. The van der Waals surface area contributed by atoms with Crippen molar-refractivity contribution in [3.8, 4) is 0 Å². The molecule has 0 radical (unpaired) electrons. The number of aliphatic hydroxyl groups excluding tert-OH is 1. The number of likely N-dealkylation sites (N-methyl/N-ethyl adjacent to an activating group) is 1. The fraction of sp³-hybridized carbons (Fsp3) is 0.923. The molecule has 3 unspecified atom stereocenters. The fourth-order valence-electron chi connectivity index (χ4n) is 2.87. The van der Waals surface area contributed by atoms with E-state index in [2.05, 4.69) is 10.2 Å². The highest BCUT2D eigenvalue weighted by molar-refractivity contribution is 5.81. The molecule has 1 saturated carbocycles. The monoisotopic (exact) mass is 256 g/mol. The number of nitrogens with one attached hydrogen (secondary N) is 1. The van der Waals surface area contributed by atoms with Crippen molar-refractivity contribution in [2.24, 2.45) is 5.41 Å². The van der Waals surface area contributed by atoms with Crippen molar-refractivity contribution >= 4 is 5.91 Å². The van der Waals surface area contributed by atoms with Crippen molar-refractivity contribution in [2.75, 3.05) is 33.4 Å². The first-order chi connectivity index (χ1) is 8.55. The lowest BCUT2D eigenvalue weighted by atomic mass is 9.85. The van der Waals surface area contributed by atoms with Crippen LogP contribution in [0.1, 0.15) is 26.2 Å². The van der Waals surface area contributed by atoms with Crippen LogP contribution in [0.15, 0.2) is 0 Å². The van der Waals surface area contributed by atoms with E-state index in [1.165, 1.54) is 0 Å². The summed E-state index contributed by atoms with van der Waals surface area (Å²) in [7, 11) is 2.00. The maximum atomic E-state index is 12.2. The van der Waals surface area contributed by atoms with Gasteiger partial charge in [-0.1, -0.05) is 13.3 Å². The third kappa shape index (κ3) is 2.84. The Morgan fingerprint density at radius 2 is 2.39 bits per heavy atom. The minimum Gasteiger partial charge on any atom is -0.396 e. The van der Waals surface area contributed by atoms with Crippen molar-refractivity contribution in [3.63, 3.8) is 0 Å². The molecule has 1 amide bonds. The van der Waals surface area contributed by atoms with Crippen molar-refractivity contribution in [2.45, 2.75) is 38.3 Å². The molecule has 0 aromatic heterocycles. The molecule has 2 aliphatic rings. The van der Waals surface area contributed by atoms with Crippen LogP contribution in [0, 0.1) is 5.41 Å². The zero-order valence-corrected chi connectivity index (χ0v) is 11.3. The molecule has 1 aliphatic heterocycles. The Morgan fingerprint density at radius 3 is 3.06 bits per heavy atom. The van der Waals surface area contributed by atoms with Gasteiger partial charge in [0, 0.05) is 24.5 Å². The second-order valence-corrected chi connectivity index (χ2v) is 5.89. The van der Waals surface area contributed by atoms with Crippen molar-refractivity contribution in [1.29, 1.82) is 0 Å². The molecule has 2 rings (SSSR count). The van der Waals surface area contributed by atoms with Gasteiger partial charge >= 0.3 is 0 Å². The Morgan fingerprint density at radius 1 is 1.61 bits per heavy atom. The molecule has 1 heterocycles. The molecule has 2 N–H and O–H groups in total. The summed E-state index contributed by atoms with van der Waals surface area (Å²) in [6.07, 6.45) is 2.62. The van der Waals surface area contributed by atoms with Gasteiger partial charge in [0.2, 0.25) is 0 Å². The predicted octanol–water partition coefficient (Wildman–Crippen LogP) is -0.0157. The van der Waals surface area contributed by atoms with Crippen LogP contribution in [0.5, 0.6) is 0 Å². The van der Waals surface area contributed by atoms with E-state index < -0.39 is 0 Å². The Labute approximate surface area is 108 Å². The number of amides is 1. The highest BCUT2D eigenvalue weighted by Gasteiger charge is 2.40. The highest BCUT2D eigenvalue weighted by atomic mass is 16.5. The summed E-state index contributed by atoms with van der Waals surface area (Å²) in [5, 5.41) is 12.5. The highest BCUT2D eigenvalue weighted by Crippen LogP contribution is 2.37. The van der Waals surface area contributed by atoms with Crippen LogP contribution >= 0.6 is 0 Å². The number of hydrogen-bond donors (Lipinski definition) is 2. The van der Waals surface area contributed by atoms with E-state index in [9.17, 15) is 9.90 Å². The largest absolute Gasteiger partial charge is 0.396 e. The number of nitrogens with zero attached hydrogens (tertiary/aromatic N) is 1. The Hall–Kier alpha value is -0.650. The number of hydrogen-bond acceptors (Lipinski definition) is 4. The number of ether oxygens (including phenoxy) is 1. The van der Waals surface area contributed by atoms with E-state index in [4.69, 9.17) is 4.74 Å². The summed E-state index contributed by atoms with van der Waals surface area (Å²) in [4.78, 5) is 14.3. The molecular formula is C13H24N2O3. The summed E-state index contributed by atoms with van der Waals surface area (Å²) in [6, 6.07) is 0.0748. The summed E-state index contributed by atoms with van der Waals surface area (Å²) in [6.45, 7) is 4.30. The molecule has 1 aliphatic carbocycles. The van der Waals surface area contributed by atoms with Gasteiger partial charge in [-0.15, -0.1) is 0 Å². The van der Waals surface area contributed by atoms with E-state index >= 15 is 0 Å². The SMILES string of the molecule is CN1CCOC(C(=O)NC2CCCC2(C)CO)C1. The second kappa shape index (κ2) is 5.55. The minimum atomic E-state index is -0.368. The van der Waals surface area contributed by atoms with Gasteiger partial charge in [0.1, 0.15) is 6.10 Å². The molecule has 5 heteroatoms. The van der Waals surface area contributed by atoms with Gasteiger partial charge in [0.15, 0.2) is 0 Å². The summed E-state index contributed by atoms with van der Waals surface area (Å²) in [5.74, 6) is -0.0341. The fourth-order valence-corrected chi connectivity index (χ4v) is 2.87. The van der Waals surface area contributed by atoms with Gasteiger partial charge < -0.3 is 20.1 Å². The normalized spacial score (nSPS) is 37.7. The lowest BCUT2D eigenvalue weighted by Crippen LogP contribution is -2.53. The lowest BCUT2D eigenvalue weighted by molar-refractivity contribution is -0.139. The first-order valence-corrected chi connectivity index (χ1v) is 6.76. The Kier molecular flexibility index (Phi) is 4.25. The van der Waals surface area contributed by atoms with Crippen molar-refractivity contribution in [1.82, 2.24) is 10.2 Å². The molecule has 1 saturated heterocycles. The zero-order chi connectivity index (χ0) is 13.2. The Balaban J connectivity index is 1.90. The number of carbonyl (C=O) groups excluding carboxylic acids is 1. The van der Waals surface area contributed by atoms with Gasteiger partial charge in [-0.25, -0.2) is 0 Å². The smallest absolute Gasteiger partial charge is 0.250 e. The number of carbonyl (C=O) groups is 1. The van der Waals surface area contributed by atoms with E-state index in [0.29, 0.717) is 13.2 Å². The molecular weight excluding hydrogens is 232 g/mol. The zero-order valence-electron chi connectivity index (χ0n) is 11.3. The molecule has 0 spiro atoms. The molecule has 0 aromatic carbocycles.